The maximum absolute atomic E-state index is 5.75. The average molecular weight is 352 g/mol. The third-order valence-electron chi connectivity index (χ3n) is 3.96. The molecule has 2 N–H and O–H groups in total. The lowest BCUT2D eigenvalue weighted by molar-refractivity contribution is 0.351. The van der Waals surface area contributed by atoms with Crippen LogP contribution < -0.4 is 19.9 Å². The minimum Gasteiger partial charge on any atom is -0.497 e. The first-order valence-electron chi connectivity index (χ1n) is 7.79. The van der Waals surface area contributed by atoms with Gasteiger partial charge in [0, 0.05) is 5.56 Å². The maximum Gasteiger partial charge on any atom is 0.164 e. The van der Waals surface area contributed by atoms with E-state index < -0.39 is 0 Å². The maximum atomic E-state index is 5.75. The van der Waals surface area contributed by atoms with Crippen LogP contribution in [0.4, 0.5) is 0 Å². The molecule has 0 fully saturated rings. The number of rotatable bonds is 8. The second-order valence-electron chi connectivity index (χ2n) is 5.33. The Kier molecular flexibility index (Phi) is 8.44. The summed E-state index contributed by atoms with van der Waals surface area (Å²) in [5.74, 6) is 2.44. The van der Waals surface area contributed by atoms with Crippen molar-refractivity contribution in [3.05, 3.63) is 53.1 Å². The monoisotopic (exact) mass is 351 g/mol. The number of nitrogens with two attached hydrogens (primary N) is 1. The number of aryl methyl sites for hydroxylation is 1. The molecule has 0 amide bonds. The van der Waals surface area contributed by atoms with Gasteiger partial charge in [0.05, 0.1) is 21.3 Å². The van der Waals surface area contributed by atoms with Crippen molar-refractivity contribution in [1.29, 1.82) is 0 Å². The molecule has 0 aliphatic carbocycles. The molecule has 5 heteroatoms. The summed E-state index contributed by atoms with van der Waals surface area (Å²) in [7, 11) is 5.02. The fourth-order valence-corrected chi connectivity index (χ4v) is 2.79. The molecule has 2 aromatic carbocycles. The van der Waals surface area contributed by atoms with Crippen LogP contribution in [0.1, 0.15) is 16.7 Å². The summed E-state index contributed by atoms with van der Waals surface area (Å²) in [4.78, 5) is 0. The Morgan fingerprint density at radius 1 is 0.875 bits per heavy atom. The Morgan fingerprint density at radius 3 is 2.29 bits per heavy atom. The van der Waals surface area contributed by atoms with Crippen LogP contribution in [0.25, 0.3) is 0 Å². The van der Waals surface area contributed by atoms with Crippen LogP contribution in [0.15, 0.2) is 36.4 Å². The molecule has 4 nitrogen and oxygen atoms in total. The van der Waals surface area contributed by atoms with E-state index in [1.54, 1.807) is 21.3 Å². The summed E-state index contributed by atoms with van der Waals surface area (Å²) >= 11 is 0. The van der Waals surface area contributed by atoms with Gasteiger partial charge in [0.15, 0.2) is 11.5 Å². The van der Waals surface area contributed by atoms with E-state index in [1.807, 2.05) is 18.2 Å². The van der Waals surface area contributed by atoms with Crippen molar-refractivity contribution in [2.24, 2.45) is 5.73 Å². The molecular weight excluding hydrogens is 326 g/mol. The Bertz CT molecular complexity index is 647. The lowest BCUT2D eigenvalue weighted by atomic mass is 9.96. The zero-order valence-electron chi connectivity index (χ0n) is 14.5. The van der Waals surface area contributed by atoms with Gasteiger partial charge in [0.25, 0.3) is 0 Å². The van der Waals surface area contributed by atoms with E-state index in [4.69, 9.17) is 19.9 Å². The highest BCUT2D eigenvalue weighted by molar-refractivity contribution is 5.85. The Morgan fingerprint density at radius 2 is 1.67 bits per heavy atom. The number of benzene rings is 2. The van der Waals surface area contributed by atoms with Crippen molar-refractivity contribution in [3.8, 4) is 17.2 Å². The minimum absolute atomic E-state index is 0. The summed E-state index contributed by atoms with van der Waals surface area (Å²) in [5, 5.41) is 0. The van der Waals surface area contributed by atoms with Gasteiger partial charge in [-0.1, -0.05) is 18.2 Å². The second-order valence-corrected chi connectivity index (χ2v) is 5.33. The van der Waals surface area contributed by atoms with E-state index in [0.717, 1.165) is 36.5 Å². The molecule has 0 radical (unpaired) electrons. The predicted octanol–water partition coefficient (Wildman–Crippen LogP) is 3.42. The van der Waals surface area contributed by atoms with Gasteiger partial charge in [-0.15, -0.1) is 12.4 Å². The fraction of sp³-hybridized carbons (Fsp3) is 0.368. The van der Waals surface area contributed by atoms with Crippen molar-refractivity contribution < 1.29 is 14.2 Å². The summed E-state index contributed by atoms with van der Waals surface area (Å²) in [6.07, 6.45) is 2.59. The molecule has 0 aliphatic heterocycles. The minimum atomic E-state index is 0. The van der Waals surface area contributed by atoms with Gasteiger partial charge in [-0.3, -0.25) is 0 Å². The molecule has 0 spiro atoms. The summed E-state index contributed by atoms with van der Waals surface area (Å²) in [6, 6.07) is 12.2. The van der Waals surface area contributed by atoms with Crippen LogP contribution >= 0.6 is 12.4 Å². The first kappa shape index (κ1) is 20.1. The Balaban J connectivity index is 0.00000288. The standard InChI is InChI=1S/C19H25NO3.ClH/c1-21-16-6-4-5-14(13-16)7-9-17-15(11-12-20)8-10-18(22-2)19(17)23-3;/h4-6,8,10,13H,7,9,11-12,20H2,1-3H3;1H. The van der Waals surface area contributed by atoms with Gasteiger partial charge >= 0.3 is 0 Å². The zero-order valence-corrected chi connectivity index (χ0v) is 15.3. The fourth-order valence-electron chi connectivity index (χ4n) is 2.79. The van der Waals surface area contributed by atoms with Gasteiger partial charge in [0.1, 0.15) is 5.75 Å². The van der Waals surface area contributed by atoms with Gasteiger partial charge in [0.2, 0.25) is 0 Å². The summed E-state index contributed by atoms with van der Waals surface area (Å²) < 4.78 is 16.3. The number of methoxy groups -OCH3 is 3. The van der Waals surface area contributed by atoms with Crippen molar-refractivity contribution in [2.45, 2.75) is 19.3 Å². The number of hydrogen-bond donors (Lipinski definition) is 1. The van der Waals surface area contributed by atoms with Crippen LogP contribution in [0, 0.1) is 0 Å². The molecule has 0 bridgehead atoms. The summed E-state index contributed by atoms with van der Waals surface area (Å²) in [6.45, 7) is 0.613. The highest BCUT2D eigenvalue weighted by atomic mass is 35.5. The van der Waals surface area contributed by atoms with Crippen LogP contribution in [-0.2, 0) is 19.3 Å². The molecule has 0 aromatic heterocycles. The van der Waals surface area contributed by atoms with E-state index in [-0.39, 0.29) is 12.4 Å². The summed E-state index contributed by atoms with van der Waals surface area (Å²) in [5.41, 5.74) is 9.36. The predicted molar refractivity (Wildman–Crippen MR) is 100.0 cm³/mol. The van der Waals surface area contributed by atoms with Gasteiger partial charge in [-0.05, 0) is 55.1 Å². The smallest absolute Gasteiger partial charge is 0.164 e. The zero-order chi connectivity index (χ0) is 16.7. The van der Waals surface area contributed by atoms with Gasteiger partial charge in [-0.2, -0.15) is 0 Å². The SMILES string of the molecule is COc1cccc(CCc2c(CCN)ccc(OC)c2OC)c1.Cl. The first-order valence-corrected chi connectivity index (χ1v) is 7.79. The number of halogens is 1. The molecule has 0 heterocycles. The molecule has 0 saturated heterocycles. The van der Waals surface area contributed by atoms with Crippen molar-refractivity contribution >= 4 is 12.4 Å². The molecule has 0 saturated carbocycles. The number of hydrogen-bond acceptors (Lipinski definition) is 4. The third-order valence-corrected chi connectivity index (χ3v) is 3.96. The van der Waals surface area contributed by atoms with E-state index in [2.05, 4.69) is 18.2 Å². The molecule has 0 aliphatic rings. The highest BCUT2D eigenvalue weighted by Gasteiger charge is 2.14. The third kappa shape index (κ3) is 4.79. The van der Waals surface area contributed by atoms with Crippen molar-refractivity contribution in [2.75, 3.05) is 27.9 Å². The average Bonchev–Trinajstić information content (AvgIpc) is 2.60. The molecule has 0 atom stereocenters. The largest absolute Gasteiger partial charge is 0.497 e. The van der Waals surface area contributed by atoms with Crippen LogP contribution in [0.3, 0.4) is 0 Å². The topological polar surface area (TPSA) is 53.7 Å². The Labute approximate surface area is 150 Å². The molecule has 2 rings (SSSR count). The molecule has 0 unspecified atom stereocenters. The molecular formula is C19H26ClNO3. The quantitative estimate of drug-likeness (QED) is 0.791. The normalized spacial score (nSPS) is 10.0. The van der Waals surface area contributed by atoms with Crippen molar-refractivity contribution in [1.82, 2.24) is 0 Å². The molecule has 24 heavy (non-hydrogen) atoms. The van der Waals surface area contributed by atoms with Crippen molar-refractivity contribution in [3.63, 3.8) is 0 Å². The van der Waals surface area contributed by atoms with Crippen LogP contribution in [0.5, 0.6) is 17.2 Å². The molecule has 132 valence electrons. The first-order chi connectivity index (χ1) is 11.2. The van der Waals surface area contributed by atoms with E-state index >= 15 is 0 Å². The van der Waals surface area contributed by atoms with Gasteiger partial charge < -0.3 is 19.9 Å². The Hall–Kier alpha value is -1.91. The second kappa shape index (κ2) is 10.1. The van der Waals surface area contributed by atoms with Crippen LogP contribution in [-0.4, -0.2) is 27.9 Å². The van der Waals surface area contributed by atoms with E-state index in [1.165, 1.54) is 16.7 Å². The highest BCUT2D eigenvalue weighted by Crippen LogP contribution is 2.34. The van der Waals surface area contributed by atoms with E-state index in [0.29, 0.717) is 6.54 Å². The lowest BCUT2D eigenvalue weighted by Gasteiger charge is -2.17. The van der Waals surface area contributed by atoms with Crippen LogP contribution in [0.2, 0.25) is 0 Å². The lowest BCUT2D eigenvalue weighted by Crippen LogP contribution is -2.08. The number of ether oxygens (including phenoxy) is 3. The van der Waals surface area contributed by atoms with E-state index in [9.17, 15) is 0 Å². The van der Waals surface area contributed by atoms with Gasteiger partial charge in [-0.25, -0.2) is 0 Å². The molecule has 2 aromatic rings.